The van der Waals surface area contributed by atoms with Gasteiger partial charge >= 0.3 is 34.9 Å². The van der Waals surface area contributed by atoms with Crippen molar-refractivity contribution in [2.45, 2.75) is 18.7 Å². The predicted molar refractivity (Wildman–Crippen MR) is 31.8 cm³/mol. The first-order valence-corrected chi connectivity index (χ1v) is 3.49. The Hall–Kier alpha value is 0.510. The Morgan fingerprint density at radius 3 is 2.20 bits per heavy atom. The monoisotopic (exact) mass is 176 g/mol. The molecular formula is C3H7NNaO4S+. The van der Waals surface area contributed by atoms with E-state index in [-0.39, 0.29) is 36.0 Å². The number of nitrogens with zero attached hydrogens (tertiary/aromatic N) is 1. The van der Waals surface area contributed by atoms with Gasteiger partial charge in [-0.05, 0) is 0 Å². The second-order valence-corrected chi connectivity index (χ2v) is 2.52. The maximum Gasteiger partial charge on any atom is 1.00 e. The zero-order chi connectivity index (χ0) is 7.44. The molecule has 0 aliphatic rings. The summed E-state index contributed by atoms with van der Waals surface area (Å²) in [6, 6.07) is 0. The summed E-state index contributed by atoms with van der Waals surface area (Å²) >= 11 is -2.33. The molecule has 5 nitrogen and oxygen atoms in total. The molecule has 0 heterocycles. The molecule has 0 spiro atoms. The third-order valence-corrected chi connectivity index (χ3v) is 1.79. The molecule has 7 heteroatoms. The molecule has 1 N–H and O–H groups in total. The first-order valence-electron chi connectivity index (χ1n) is 2.32. The Labute approximate surface area is 82.9 Å². The number of hydrogen-bond donors (Lipinski definition) is 1. The molecule has 0 saturated heterocycles. The van der Waals surface area contributed by atoms with E-state index in [9.17, 15) is 14.3 Å². The minimum Gasteiger partial charge on any atom is -0.301 e. The Balaban J connectivity index is 0. The average molecular weight is 176 g/mol. The van der Waals surface area contributed by atoms with Crippen LogP contribution in [0.15, 0.2) is 0 Å². The first-order chi connectivity index (χ1) is 4.09. The molecule has 0 aromatic heterocycles. The van der Waals surface area contributed by atoms with Gasteiger partial charge in [0.1, 0.15) is 0 Å². The van der Waals surface area contributed by atoms with E-state index in [1.165, 1.54) is 6.92 Å². The van der Waals surface area contributed by atoms with Crippen LogP contribution >= 0.6 is 0 Å². The molecule has 2 atom stereocenters. The van der Waals surface area contributed by atoms with Gasteiger partial charge in [0.15, 0.2) is 0 Å². The van der Waals surface area contributed by atoms with Crippen molar-refractivity contribution in [3.8, 4) is 0 Å². The minimum absolute atomic E-state index is 0. The third-order valence-electron chi connectivity index (χ3n) is 0.817. The molecule has 0 bridgehead atoms. The fourth-order valence-electron chi connectivity index (χ4n) is 0.365. The van der Waals surface area contributed by atoms with E-state index in [4.69, 9.17) is 4.55 Å². The van der Waals surface area contributed by atoms with Crippen LogP contribution in [0.3, 0.4) is 0 Å². The summed E-state index contributed by atoms with van der Waals surface area (Å²) in [5.74, 6) is 0. The molecule has 0 amide bonds. The second kappa shape index (κ2) is 6.23. The van der Waals surface area contributed by atoms with E-state index in [1.807, 2.05) is 0 Å². The zero-order valence-corrected chi connectivity index (χ0v) is 8.63. The van der Waals surface area contributed by atoms with E-state index in [0.717, 1.165) is 0 Å². The van der Waals surface area contributed by atoms with Crippen LogP contribution in [0.1, 0.15) is 13.3 Å². The standard InChI is InChI=1S/C3H7NO4S.Na/c1-2-3(4(5)6)9(7)8;/h3H,2H2,1H3,(H,7,8);/q;+1. The summed E-state index contributed by atoms with van der Waals surface area (Å²) in [5.41, 5.74) is 0. The first kappa shape index (κ1) is 13.1. The van der Waals surface area contributed by atoms with Crippen molar-refractivity contribution >= 4 is 11.1 Å². The third kappa shape index (κ3) is 4.35. The summed E-state index contributed by atoms with van der Waals surface area (Å²) in [6.07, 6.45) is 0.0795. The molecule has 0 radical (unpaired) electrons. The predicted octanol–water partition coefficient (Wildman–Crippen LogP) is -2.78. The summed E-state index contributed by atoms with van der Waals surface area (Å²) in [7, 11) is 0. The molecule has 0 aromatic rings. The van der Waals surface area contributed by atoms with Crippen LogP contribution in [0.5, 0.6) is 0 Å². The Morgan fingerprint density at radius 1 is 1.80 bits per heavy atom. The molecule has 0 rings (SSSR count). The largest absolute Gasteiger partial charge is 1.00 e. The smallest absolute Gasteiger partial charge is 0.301 e. The Morgan fingerprint density at radius 2 is 2.20 bits per heavy atom. The van der Waals surface area contributed by atoms with Crippen LogP contribution in [0, 0.1) is 10.1 Å². The van der Waals surface area contributed by atoms with Gasteiger partial charge in [-0.3, -0.25) is 10.1 Å². The van der Waals surface area contributed by atoms with Crippen molar-refractivity contribution in [1.29, 1.82) is 0 Å². The van der Waals surface area contributed by atoms with E-state index in [0.29, 0.717) is 0 Å². The van der Waals surface area contributed by atoms with Gasteiger partial charge in [0.25, 0.3) is 0 Å². The van der Waals surface area contributed by atoms with Gasteiger partial charge in [0.2, 0.25) is 11.1 Å². The SMILES string of the molecule is CCC([N+](=O)[O-])S(=O)O.[Na+]. The van der Waals surface area contributed by atoms with E-state index >= 15 is 0 Å². The van der Waals surface area contributed by atoms with Crippen molar-refractivity contribution in [2.24, 2.45) is 0 Å². The number of hydrogen-bond acceptors (Lipinski definition) is 3. The summed E-state index contributed by atoms with van der Waals surface area (Å²) < 4.78 is 18.3. The molecule has 0 aliphatic heterocycles. The fourth-order valence-corrected chi connectivity index (χ4v) is 0.798. The van der Waals surface area contributed by atoms with Gasteiger partial charge in [-0.1, -0.05) is 6.92 Å². The van der Waals surface area contributed by atoms with Crippen molar-refractivity contribution < 1.29 is 43.2 Å². The van der Waals surface area contributed by atoms with Gasteiger partial charge in [-0.15, -0.1) is 0 Å². The molecule has 54 valence electrons. The van der Waals surface area contributed by atoms with Crippen molar-refractivity contribution in [3.05, 3.63) is 10.1 Å². The second-order valence-electron chi connectivity index (χ2n) is 1.42. The molecular weight excluding hydrogens is 169 g/mol. The molecule has 0 aliphatic carbocycles. The maximum absolute atomic E-state index is 10.0. The van der Waals surface area contributed by atoms with Crippen LogP contribution in [-0.2, 0) is 11.1 Å². The topological polar surface area (TPSA) is 80.4 Å². The van der Waals surface area contributed by atoms with E-state index in [2.05, 4.69) is 0 Å². The van der Waals surface area contributed by atoms with Crippen molar-refractivity contribution in [3.63, 3.8) is 0 Å². The van der Waals surface area contributed by atoms with Gasteiger partial charge in [0, 0.05) is 11.3 Å². The van der Waals surface area contributed by atoms with Crippen LogP contribution < -0.4 is 29.6 Å². The minimum atomic E-state index is -2.33. The van der Waals surface area contributed by atoms with Crippen LogP contribution in [0.2, 0.25) is 0 Å². The number of rotatable bonds is 3. The fraction of sp³-hybridized carbons (Fsp3) is 1.00. The summed E-state index contributed by atoms with van der Waals surface area (Å²) in [5, 5.41) is 8.50. The van der Waals surface area contributed by atoms with E-state index < -0.39 is 21.4 Å². The quantitative estimate of drug-likeness (QED) is 0.218. The van der Waals surface area contributed by atoms with Crippen molar-refractivity contribution in [1.82, 2.24) is 0 Å². The molecule has 0 aromatic carbocycles. The van der Waals surface area contributed by atoms with Gasteiger partial charge in [-0.25, -0.2) is 4.21 Å². The Kier molecular flexibility index (Phi) is 8.18. The molecule has 2 unspecified atom stereocenters. The summed E-state index contributed by atoms with van der Waals surface area (Å²) in [4.78, 5) is 9.07. The zero-order valence-electron chi connectivity index (χ0n) is 5.81. The molecule has 0 saturated carbocycles. The maximum atomic E-state index is 10.0. The molecule has 10 heavy (non-hydrogen) atoms. The number of nitro groups is 1. The van der Waals surface area contributed by atoms with Crippen LogP contribution in [0.4, 0.5) is 0 Å². The Bertz CT molecular complexity index is 126. The van der Waals surface area contributed by atoms with Gasteiger partial charge < -0.3 is 4.55 Å². The molecule has 0 fully saturated rings. The van der Waals surface area contributed by atoms with E-state index in [1.54, 1.807) is 0 Å². The average Bonchev–Trinajstić information content (AvgIpc) is 1.64. The summed E-state index contributed by atoms with van der Waals surface area (Å²) in [6.45, 7) is 1.49. The van der Waals surface area contributed by atoms with Crippen LogP contribution in [-0.4, -0.2) is 19.1 Å². The normalized spacial score (nSPS) is 15.0. The van der Waals surface area contributed by atoms with Gasteiger partial charge in [-0.2, -0.15) is 0 Å². The van der Waals surface area contributed by atoms with Crippen LogP contribution in [0.25, 0.3) is 0 Å². The van der Waals surface area contributed by atoms with Crippen molar-refractivity contribution in [2.75, 3.05) is 0 Å². The van der Waals surface area contributed by atoms with Gasteiger partial charge in [0.05, 0.1) is 0 Å².